The van der Waals surface area contributed by atoms with Crippen molar-refractivity contribution < 1.29 is 18.0 Å². The van der Waals surface area contributed by atoms with Gasteiger partial charge in [-0.1, -0.05) is 11.6 Å². The Morgan fingerprint density at radius 2 is 1.93 bits per heavy atom. The Kier molecular flexibility index (Phi) is 4.86. The van der Waals surface area contributed by atoms with Gasteiger partial charge in [0.2, 0.25) is 21.8 Å². The number of hydrogen-bond acceptors (Lipinski definition) is 5. The first-order valence-electron chi connectivity index (χ1n) is 8.70. The molecule has 0 radical (unpaired) electrons. The number of fused-ring (bicyclic) bond motifs is 1. The first-order chi connectivity index (χ1) is 13.4. The lowest BCUT2D eigenvalue weighted by molar-refractivity contribution is -0.151. The van der Waals surface area contributed by atoms with Crippen LogP contribution >= 0.6 is 11.6 Å². The molecular formula is C17H18ClN5O4S. The number of H-pyrrole nitrogens is 1. The second-order valence-electron chi connectivity index (χ2n) is 6.71. The van der Waals surface area contributed by atoms with Crippen molar-refractivity contribution in [1.82, 2.24) is 24.5 Å². The van der Waals surface area contributed by atoms with E-state index in [0.717, 1.165) is 5.69 Å². The van der Waals surface area contributed by atoms with E-state index in [4.69, 9.17) is 11.6 Å². The van der Waals surface area contributed by atoms with Gasteiger partial charge in [-0.15, -0.1) is 0 Å². The number of nitrogens with zero attached hydrogens (tertiary/aromatic N) is 3. The molecule has 0 aliphatic carbocycles. The van der Waals surface area contributed by atoms with Crippen LogP contribution in [0.4, 0.5) is 0 Å². The van der Waals surface area contributed by atoms with Gasteiger partial charge in [0.15, 0.2) is 0 Å². The zero-order valence-electron chi connectivity index (χ0n) is 14.7. The van der Waals surface area contributed by atoms with Crippen molar-refractivity contribution in [3.05, 3.63) is 47.5 Å². The Morgan fingerprint density at radius 3 is 2.61 bits per heavy atom. The molecule has 2 aliphatic rings. The fourth-order valence-electron chi connectivity index (χ4n) is 3.50. The van der Waals surface area contributed by atoms with Crippen LogP contribution in [0.1, 0.15) is 5.69 Å². The number of imidazole rings is 1. The van der Waals surface area contributed by atoms with Crippen LogP contribution in [0.5, 0.6) is 0 Å². The molecule has 9 nitrogen and oxygen atoms in total. The Balaban J connectivity index is 1.51. The van der Waals surface area contributed by atoms with Gasteiger partial charge in [0.1, 0.15) is 12.1 Å². The van der Waals surface area contributed by atoms with Gasteiger partial charge in [0, 0.05) is 43.0 Å². The summed E-state index contributed by atoms with van der Waals surface area (Å²) in [5.41, 5.74) is 0.737. The van der Waals surface area contributed by atoms with Crippen LogP contribution in [0.15, 0.2) is 41.7 Å². The molecule has 4 rings (SSSR count). The molecule has 2 atom stereocenters. The summed E-state index contributed by atoms with van der Waals surface area (Å²) in [6.45, 7) is 0.194. The third-order valence-corrected chi connectivity index (χ3v) is 7.11. The number of hydrogen-bond donors (Lipinski definition) is 2. The molecule has 3 heterocycles. The molecule has 28 heavy (non-hydrogen) atoms. The minimum absolute atomic E-state index is 0.0840. The van der Waals surface area contributed by atoms with Crippen molar-refractivity contribution in [2.24, 2.45) is 0 Å². The largest absolute Gasteiger partial charge is 0.348 e. The van der Waals surface area contributed by atoms with E-state index in [9.17, 15) is 18.0 Å². The highest BCUT2D eigenvalue weighted by Crippen LogP contribution is 2.24. The number of carbonyl (C=O) groups is 2. The lowest BCUT2D eigenvalue weighted by atomic mass is 10.0. The quantitative estimate of drug-likeness (QED) is 0.718. The normalized spacial score (nSPS) is 23.4. The van der Waals surface area contributed by atoms with Crippen molar-refractivity contribution in [1.29, 1.82) is 0 Å². The summed E-state index contributed by atoms with van der Waals surface area (Å²) >= 11 is 5.83. The molecule has 148 valence electrons. The summed E-state index contributed by atoms with van der Waals surface area (Å²) in [4.78, 5) is 33.8. The fraction of sp³-hybridized carbons (Fsp3) is 0.353. The maximum Gasteiger partial charge on any atom is 0.246 e. The van der Waals surface area contributed by atoms with Gasteiger partial charge in [0.05, 0.1) is 11.2 Å². The molecule has 2 saturated heterocycles. The van der Waals surface area contributed by atoms with Crippen molar-refractivity contribution >= 4 is 33.4 Å². The lowest BCUT2D eigenvalue weighted by Gasteiger charge is -2.44. The molecule has 11 heteroatoms. The summed E-state index contributed by atoms with van der Waals surface area (Å²) in [6, 6.07) is 4.32. The topological polar surface area (TPSA) is 115 Å². The van der Waals surface area contributed by atoms with Crippen LogP contribution in [0.2, 0.25) is 5.02 Å². The number of nitrogens with one attached hydrogen (secondary N) is 2. The average Bonchev–Trinajstić information content (AvgIpc) is 3.19. The first-order valence-corrected chi connectivity index (χ1v) is 10.5. The highest BCUT2D eigenvalue weighted by atomic mass is 35.5. The fourth-order valence-corrected chi connectivity index (χ4v) is 5.07. The van der Waals surface area contributed by atoms with E-state index in [2.05, 4.69) is 15.3 Å². The zero-order valence-corrected chi connectivity index (χ0v) is 16.3. The second-order valence-corrected chi connectivity index (χ2v) is 9.08. The van der Waals surface area contributed by atoms with Gasteiger partial charge in [-0.25, -0.2) is 13.4 Å². The number of aromatic nitrogens is 2. The summed E-state index contributed by atoms with van der Waals surface area (Å²) in [7, 11) is -3.78. The van der Waals surface area contributed by atoms with Crippen molar-refractivity contribution in [3.63, 3.8) is 0 Å². The number of aromatic amines is 1. The summed E-state index contributed by atoms with van der Waals surface area (Å²) < 4.78 is 27.0. The molecule has 2 N–H and O–H groups in total. The molecule has 1 aromatic heterocycles. The number of sulfonamides is 1. The van der Waals surface area contributed by atoms with E-state index in [-0.39, 0.29) is 36.3 Å². The van der Waals surface area contributed by atoms with E-state index >= 15 is 0 Å². The minimum Gasteiger partial charge on any atom is -0.348 e. The third-order valence-electron chi connectivity index (χ3n) is 4.97. The number of carbonyl (C=O) groups excluding carboxylic acids is 2. The number of halogens is 1. The predicted octanol–water partition coefficient (Wildman–Crippen LogP) is 0.00570. The van der Waals surface area contributed by atoms with Crippen LogP contribution in [-0.4, -0.2) is 71.1 Å². The SMILES string of the molecule is O=C1N[C@@H](Cc2cnc[nH]2)C(=O)N2CCN(S(=O)(=O)c3ccc(Cl)cc3)C[C@H]12. The number of amides is 2. The number of benzene rings is 1. The van der Waals surface area contributed by atoms with E-state index in [0.29, 0.717) is 11.4 Å². The molecule has 0 saturated carbocycles. The first kappa shape index (κ1) is 18.9. The molecule has 2 aliphatic heterocycles. The second kappa shape index (κ2) is 7.19. The smallest absolute Gasteiger partial charge is 0.246 e. The average molecular weight is 424 g/mol. The molecule has 0 bridgehead atoms. The monoisotopic (exact) mass is 423 g/mol. The van der Waals surface area contributed by atoms with Crippen LogP contribution in [0.25, 0.3) is 0 Å². The molecule has 0 spiro atoms. The summed E-state index contributed by atoms with van der Waals surface area (Å²) in [5, 5.41) is 3.14. The Morgan fingerprint density at radius 1 is 1.18 bits per heavy atom. The number of rotatable bonds is 4. The maximum absolute atomic E-state index is 12.9. The predicted molar refractivity (Wildman–Crippen MR) is 99.9 cm³/mol. The van der Waals surface area contributed by atoms with Crippen LogP contribution < -0.4 is 5.32 Å². The molecule has 2 amide bonds. The van der Waals surface area contributed by atoms with E-state index in [1.54, 1.807) is 6.20 Å². The molecule has 1 aromatic carbocycles. The van der Waals surface area contributed by atoms with Gasteiger partial charge in [-0.3, -0.25) is 9.59 Å². The summed E-state index contributed by atoms with van der Waals surface area (Å²) in [6.07, 6.45) is 3.41. The number of piperazine rings is 2. The van der Waals surface area contributed by atoms with Gasteiger partial charge < -0.3 is 15.2 Å². The van der Waals surface area contributed by atoms with Gasteiger partial charge in [0.25, 0.3) is 0 Å². The van der Waals surface area contributed by atoms with E-state index in [1.807, 2.05) is 0 Å². The standard InChI is InChI=1S/C17H18ClN5O4S/c18-11-1-3-13(4-2-11)28(26,27)22-5-6-23-15(9-22)16(24)21-14(17(23)25)7-12-8-19-10-20-12/h1-4,8,10,14-15H,5-7,9H2,(H,19,20)(H,21,24)/t14-,15+/m0/s1. The molecular weight excluding hydrogens is 406 g/mol. The van der Waals surface area contributed by atoms with Crippen molar-refractivity contribution in [2.75, 3.05) is 19.6 Å². The third kappa shape index (κ3) is 3.38. The molecule has 2 aromatic rings. The van der Waals surface area contributed by atoms with E-state index in [1.165, 1.54) is 39.8 Å². The van der Waals surface area contributed by atoms with Crippen molar-refractivity contribution in [3.8, 4) is 0 Å². The summed E-state index contributed by atoms with van der Waals surface area (Å²) in [5.74, 6) is -0.581. The lowest BCUT2D eigenvalue weighted by Crippen LogP contribution is -2.69. The Bertz CT molecular complexity index is 993. The highest BCUT2D eigenvalue weighted by molar-refractivity contribution is 7.89. The van der Waals surface area contributed by atoms with Crippen molar-refractivity contribution in [2.45, 2.75) is 23.4 Å². The van der Waals surface area contributed by atoms with Crippen LogP contribution in [0, 0.1) is 0 Å². The molecule has 2 fully saturated rings. The molecule has 0 unspecified atom stereocenters. The van der Waals surface area contributed by atoms with Crippen LogP contribution in [-0.2, 0) is 26.0 Å². The van der Waals surface area contributed by atoms with Crippen LogP contribution in [0.3, 0.4) is 0 Å². The van der Waals surface area contributed by atoms with Gasteiger partial charge in [-0.05, 0) is 24.3 Å². The van der Waals surface area contributed by atoms with Gasteiger partial charge in [-0.2, -0.15) is 4.31 Å². The highest BCUT2D eigenvalue weighted by Gasteiger charge is 2.45. The minimum atomic E-state index is -3.78. The Hall–Kier alpha value is -2.43. The Labute approximate surface area is 166 Å². The van der Waals surface area contributed by atoms with Gasteiger partial charge >= 0.3 is 0 Å². The van der Waals surface area contributed by atoms with E-state index < -0.39 is 22.1 Å². The zero-order chi connectivity index (χ0) is 19.9. The maximum atomic E-state index is 12.9.